The largest absolute Gasteiger partial charge is 0.466 e. The van der Waals surface area contributed by atoms with Crippen LogP contribution < -0.4 is 0 Å². The number of nitrogens with zero attached hydrogens (tertiary/aromatic N) is 1. The Kier molecular flexibility index (Phi) is 9.50. The SMILES string of the molecule is CCOCCCN(CCC(=O)OCC)C(=O)Cc1cccs1. The Morgan fingerprint density at radius 1 is 1.23 bits per heavy atom. The predicted molar refractivity (Wildman–Crippen MR) is 87.0 cm³/mol. The first-order chi connectivity index (χ1) is 10.7. The molecule has 0 aromatic carbocycles. The number of esters is 1. The molecule has 1 rings (SSSR count). The van der Waals surface area contributed by atoms with E-state index in [-0.39, 0.29) is 18.3 Å². The second-order valence-corrected chi connectivity index (χ2v) is 5.77. The minimum atomic E-state index is -0.263. The van der Waals surface area contributed by atoms with Gasteiger partial charge >= 0.3 is 5.97 Å². The number of carbonyl (C=O) groups is 2. The predicted octanol–water partition coefficient (Wildman–Crippen LogP) is 2.50. The summed E-state index contributed by atoms with van der Waals surface area (Å²) in [5.41, 5.74) is 0. The molecule has 0 radical (unpaired) electrons. The van der Waals surface area contributed by atoms with Crippen LogP contribution in [0, 0.1) is 0 Å². The minimum absolute atomic E-state index is 0.0447. The van der Waals surface area contributed by atoms with E-state index in [9.17, 15) is 9.59 Å². The monoisotopic (exact) mass is 327 g/mol. The molecule has 0 saturated carbocycles. The Hall–Kier alpha value is -1.40. The van der Waals surface area contributed by atoms with Crippen molar-refractivity contribution in [2.24, 2.45) is 0 Å². The molecule has 1 aromatic rings. The van der Waals surface area contributed by atoms with Crippen LogP contribution >= 0.6 is 11.3 Å². The van der Waals surface area contributed by atoms with Gasteiger partial charge < -0.3 is 14.4 Å². The lowest BCUT2D eigenvalue weighted by Gasteiger charge is -2.22. The normalized spacial score (nSPS) is 10.5. The highest BCUT2D eigenvalue weighted by Crippen LogP contribution is 2.11. The Morgan fingerprint density at radius 3 is 2.68 bits per heavy atom. The third kappa shape index (κ3) is 7.56. The van der Waals surface area contributed by atoms with Gasteiger partial charge in [0.05, 0.1) is 19.4 Å². The van der Waals surface area contributed by atoms with Crippen molar-refractivity contribution in [3.8, 4) is 0 Å². The van der Waals surface area contributed by atoms with Crippen molar-refractivity contribution >= 4 is 23.2 Å². The maximum atomic E-state index is 12.4. The van der Waals surface area contributed by atoms with Crippen LogP contribution in [0.1, 0.15) is 31.6 Å². The summed E-state index contributed by atoms with van der Waals surface area (Å²) in [5, 5.41) is 1.96. The van der Waals surface area contributed by atoms with E-state index in [0.717, 1.165) is 11.3 Å². The van der Waals surface area contributed by atoms with Gasteiger partial charge in [0, 0.05) is 31.2 Å². The quantitative estimate of drug-likeness (QED) is 0.463. The molecular weight excluding hydrogens is 302 g/mol. The molecule has 1 aromatic heterocycles. The average Bonchev–Trinajstić information content (AvgIpc) is 2.99. The lowest BCUT2D eigenvalue weighted by Crippen LogP contribution is -2.35. The molecule has 0 aliphatic carbocycles. The first-order valence-electron chi connectivity index (χ1n) is 7.70. The van der Waals surface area contributed by atoms with Crippen molar-refractivity contribution in [3.05, 3.63) is 22.4 Å². The number of hydrogen-bond donors (Lipinski definition) is 0. The number of ether oxygens (including phenoxy) is 2. The van der Waals surface area contributed by atoms with Crippen molar-refractivity contribution < 1.29 is 19.1 Å². The summed E-state index contributed by atoms with van der Waals surface area (Å²) < 4.78 is 10.2. The van der Waals surface area contributed by atoms with Gasteiger partial charge in [0.25, 0.3) is 0 Å². The zero-order chi connectivity index (χ0) is 16.2. The van der Waals surface area contributed by atoms with E-state index in [1.165, 1.54) is 0 Å². The molecule has 0 bridgehead atoms. The summed E-state index contributed by atoms with van der Waals surface area (Å²) in [6.45, 7) is 6.38. The standard InChI is InChI=1S/C16H25NO4S/c1-3-20-11-6-9-17(10-8-16(19)21-4-2)15(18)13-14-7-5-12-22-14/h5,7,12H,3-4,6,8-11,13H2,1-2H3. The zero-order valence-corrected chi connectivity index (χ0v) is 14.2. The van der Waals surface area contributed by atoms with E-state index < -0.39 is 0 Å². The van der Waals surface area contributed by atoms with Crippen LogP contribution in [0.15, 0.2) is 17.5 Å². The van der Waals surface area contributed by atoms with Crippen molar-refractivity contribution in [1.82, 2.24) is 4.90 Å². The van der Waals surface area contributed by atoms with Gasteiger partial charge in [-0.2, -0.15) is 0 Å². The van der Waals surface area contributed by atoms with Gasteiger partial charge in [0.2, 0.25) is 5.91 Å². The molecule has 0 aliphatic heterocycles. The third-order valence-electron chi connectivity index (χ3n) is 3.07. The van der Waals surface area contributed by atoms with Crippen LogP contribution in [-0.2, 0) is 25.5 Å². The van der Waals surface area contributed by atoms with E-state index in [0.29, 0.717) is 39.3 Å². The maximum absolute atomic E-state index is 12.4. The Morgan fingerprint density at radius 2 is 2.05 bits per heavy atom. The van der Waals surface area contributed by atoms with Gasteiger partial charge in [-0.1, -0.05) is 6.07 Å². The maximum Gasteiger partial charge on any atom is 0.307 e. The molecule has 124 valence electrons. The van der Waals surface area contributed by atoms with E-state index in [4.69, 9.17) is 9.47 Å². The molecule has 0 fully saturated rings. The van der Waals surface area contributed by atoms with Gasteiger partial charge in [0.15, 0.2) is 0 Å². The average molecular weight is 327 g/mol. The molecule has 0 spiro atoms. The highest BCUT2D eigenvalue weighted by molar-refractivity contribution is 7.10. The molecule has 6 heteroatoms. The minimum Gasteiger partial charge on any atom is -0.466 e. The second kappa shape index (κ2) is 11.2. The molecule has 1 amide bonds. The number of thiophene rings is 1. The van der Waals surface area contributed by atoms with Crippen LogP contribution in [0.5, 0.6) is 0 Å². The van der Waals surface area contributed by atoms with Crippen molar-refractivity contribution in [2.75, 3.05) is 32.9 Å². The third-order valence-corrected chi connectivity index (χ3v) is 3.95. The molecule has 0 unspecified atom stereocenters. The van der Waals surface area contributed by atoms with Crippen LogP contribution in [0.3, 0.4) is 0 Å². The highest BCUT2D eigenvalue weighted by atomic mass is 32.1. The highest BCUT2D eigenvalue weighted by Gasteiger charge is 2.16. The molecular formula is C16H25NO4S. The van der Waals surface area contributed by atoms with E-state index in [1.54, 1.807) is 23.2 Å². The fourth-order valence-corrected chi connectivity index (χ4v) is 2.69. The smallest absolute Gasteiger partial charge is 0.307 e. The lowest BCUT2D eigenvalue weighted by molar-refractivity contribution is -0.144. The first kappa shape index (κ1) is 18.6. The molecule has 0 saturated heterocycles. The van der Waals surface area contributed by atoms with Gasteiger partial charge in [-0.15, -0.1) is 11.3 Å². The fourth-order valence-electron chi connectivity index (χ4n) is 2.00. The van der Waals surface area contributed by atoms with Crippen LogP contribution in [-0.4, -0.2) is 49.7 Å². The van der Waals surface area contributed by atoms with E-state index in [1.807, 2.05) is 24.4 Å². The van der Waals surface area contributed by atoms with Crippen molar-refractivity contribution in [3.63, 3.8) is 0 Å². The van der Waals surface area contributed by atoms with Crippen LogP contribution in [0.2, 0.25) is 0 Å². The van der Waals surface area contributed by atoms with Gasteiger partial charge in [-0.25, -0.2) is 0 Å². The number of hydrogen-bond acceptors (Lipinski definition) is 5. The summed E-state index contributed by atoms with van der Waals surface area (Å²) in [6, 6.07) is 3.89. The Bertz CT molecular complexity index is 433. The van der Waals surface area contributed by atoms with Crippen LogP contribution in [0.25, 0.3) is 0 Å². The summed E-state index contributed by atoms with van der Waals surface area (Å²) in [4.78, 5) is 26.6. The fraction of sp³-hybridized carbons (Fsp3) is 0.625. The van der Waals surface area contributed by atoms with E-state index >= 15 is 0 Å². The Balaban J connectivity index is 2.48. The summed E-state index contributed by atoms with van der Waals surface area (Å²) in [6.07, 6.45) is 1.39. The number of rotatable bonds is 11. The van der Waals surface area contributed by atoms with Gasteiger partial charge in [-0.3, -0.25) is 9.59 Å². The molecule has 5 nitrogen and oxygen atoms in total. The zero-order valence-electron chi connectivity index (χ0n) is 13.4. The van der Waals surface area contributed by atoms with Crippen molar-refractivity contribution in [2.45, 2.75) is 33.1 Å². The first-order valence-corrected chi connectivity index (χ1v) is 8.58. The molecule has 0 atom stereocenters. The summed E-state index contributed by atoms with van der Waals surface area (Å²) in [5.74, 6) is -0.218. The lowest BCUT2D eigenvalue weighted by atomic mass is 10.2. The number of carbonyl (C=O) groups excluding carboxylic acids is 2. The van der Waals surface area contributed by atoms with Crippen LogP contribution in [0.4, 0.5) is 0 Å². The second-order valence-electron chi connectivity index (χ2n) is 4.74. The topological polar surface area (TPSA) is 55.8 Å². The summed E-state index contributed by atoms with van der Waals surface area (Å²) in [7, 11) is 0. The summed E-state index contributed by atoms with van der Waals surface area (Å²) >= 11 is 1.57. The molecule has 0 N–H and O–H groups in total. The van der Waals surface area contributed by atoms with Gasteiger partial charge in [-0.05, 0) is 31.7 Å². The Labute approximate surface area is 136 Å². The van der Waals surface area contributed by atoms with E-state index in [2.05, 4.69) is 0 Å². The number of amides is 1. The van der Waals surface area contributed by atoms with Gasteiger partial charge in [0.1, 0.15) is 0 Å². The molecule has 22 heavy (non-hydrogen) atoms. The molecule has 0 aliphatic rings. The van der Waals surface area contributed by atoms with Crippen molar-refractivity contribution in [1.29, 1.82) is 0 Å². The molecule has 1 heterocycles.